The summed E-state index contributed by atoms with van der Waals surface area (Å²) in [5, 5.41) is 2.83. The lowest BCUT2D eigenvalue weighted by molar-refractivity contribution is -0.125. The van der Waals surface area contributed by atoms with Crippen LogP contribution in [0, 0.1) is 0 Å². The number of ether oxygens (including phenoxy) is 1. The second-order valence-electron chi connectivity index (χ2n) is 6.33. The van der Waals surface area contributed by atoms with Crippen molar-refractivity contribution in [2.45, 2.75) is 37.6 Å². The Morgan fingerprint density at radius 1 is 1.31 bits per heavy atom. The normalized spacial score (nSPS) is 17.0. The highest BCUT2D eigenvalue weighted by Crippen LogP contribution is 2.35. The lowest BCUT2D eigenvalue weighted by Crippen LogP contribution is -2.45. The van der Waals surface area contributed by atoms with E-state index in [1.165, 1.54) is 27.4 Å². The molecule has 1 aromatic rings. The maximum Gasteiger partial charge on any atom is 0.265 e. The summed E-state index contributed by atoms with van der Waals surface area (Å²) in [4.78, 5) is 25.8. The third kappa shape index (κ3) is 3.68. The summed E-state index contributed by atoms with van der Waals surface area (Å²) in [5.41, 5.74) is 0.306. The highest BCUT2D eigenvalue weighted by molar-refractivity contribution is 7.89. The van der Waals surface area contributed by atoms with Gasteiger partial charge in [0.25, 0.3) is 5.91 Å². The Balaban J connectivity index is 1.92. The molecule has 0 saturated heterocycles. The fourth-order valence-corrected chi connectivity index (χ4v) is 4.35. The van der Waals surface area contributed by atoms with Crippen LogP contribution in [-0.4, -0.2) is 56.8 Å². The Bertz CT molecular complexity index is 816. The van der Waals surface area contributed by atoms with Gasteiger partial charge in [-0.3, -0.25) is 14.5 Å². The fourth-order valence-electron chi connectivity index (χ4n) is 2.87. The number of nitrogens with zero attached hydrogens (tertiary/aromatic N) is 2. The lowest BCUT2D eigenvalue weighted by atomic mass is 10.2. The molecule has 0 unspecified atom stereocenters. The summed E-state index contributed by atoms with van der Waals surface area (Å²) < 4.78 is 32.2. The SMILES string of the molecule is CCN(CC)S(=O)(=O)c1ccc2c(c1)N(CC(=O)NC1CC1)C(=O)CO2. The molecule has 1 fully saturated rings. The minimum absolute atomic E-state index is 0.0749. The van der Waals surface area contributed by atoms with Crippen LogP contribution >= 0.6 is 0 Å². The van der Waals surface area contributed by atoms with E-state index in [4.69, 9.17) is 4.74 Å². The Kier molecular flexibility index (Phi) is 5.19. The predicted octanol–water partition coefficient (Wildman–Crippen LogP) is 0.721. The van der Waals surface area contributed by atoms with Crippen molar-refractivity contribution in [3.8, 4) is 5.75 Å². The molecule has 1 aliphatic heterocycles. The molecule has 8 nitrogen and oxygen atoms in total. The molecule has 0 aromatic heterocycles. The number of rotatable bonds is 7. The topological polar surface area (TPSA) is 96.0 Å². The van der Waals surface area contributed by atoms with Crippen LogP contribution in [0.5, 0.6) is 5.75 Å². The molecule has 0 atom stereocenters. The van der Waals surface area contributed by atoms with E-state index in [0.717, 1.165) is 12.8 Å². The first kappa shape index (κ1) is 18.7. The van der Waals surface area contributed by atoms with Gasteiger partial charge >= 0.3 is 0 Å². The standard InChI is InChI=1S/C17H23N3O5S/c1-3-19(4-2)26(23,24)13-7-8-15-14(9-13)20(17(22)11-25-15)10-16(21)18-12-5-6-12/h7-9,12H,3-6,10-11H2,1-2H3,(H,18,21). The molecule has 1 heterocycles. The second-order valence-corrected chi connectivity index (χ2v) is 8.27. The largest absolute Gasteiger partial charge is 0.482 e. The van der Waals surface area contributed by atoms with Gasteiger partial charge in [0, 0.05) is 19.1 Å². The van der Waals surface area contributed by atoms with Crippen molar-refractivity contribution in [3.63, 3.8) is 0 Å². The molecule has 0 spiro atoms. The van der Waals surface area contributed by atoms with Crippen molar-refractivity contribution < 1.29 is 22.7 Å². The van der Waals surface area contributed by atoms with E-state index >= 15 is 0 Å². The molecule has 9 heteroatoms. The Morgan fingerprint density at radius 2 is 2.00 bits per heavy atom. The van der Waals surface area contributed by atoms with Gasteiger partial charge in [-0.15, -0.1) is 0 Å². The molecular weight excluding hydrogens is 358 g/mol. The van der Waals surface area contributed by atoms with Crippen LogP contribution in [0.15, 0.2) is 23.1 Å². The maximum atomic E-state index is 12.7. The van der Waals surface area contributed by atoms with Gasteiger partial charge in [-0.1, -0.05) is 13.8 Å². The predicted molar refractivity (Wildman–Crippen MR) is 95.6 cm³/mol. The van der Waals surface area contributed by atoms with Crippen LogP contribution < -0.4 is 15.0 Å². The zero-order valence-electron chi connectivity index (χ0n) is 14.9. The Hall–Kier alpha value is -2.13. The van der Waals surface area contributed by atoms with E-state index in [-0.39, 0.29) is 35.9 Å². The summed E-state index contributed by atoms with van der Waals surface area (Å²) in [6.45, 7) is 3.89. The highest BCUT2D eigenvalue weighted by Gasteiger charge is 2.32. The van der Waals surface area contributed by atoms with Crippen molar-refractivity contribution in [2.24, 2.45) is 0 Å². The van der Waals surface area contributed by atoms with Crippen molar-refractivity contribution in [3.05, 3.63) is 18.2 Å². The molecule has 1 N–H and O–H groups in total. The van der Waals surface area contributed by atoms with Gasteiger partial charge in [0.05, 0.1) is 10.6 Å². The van der Waals surface area contributed by atoms with Crippen LogP contribution in [0.3, 0.4) is 0 Å². The van der Waals surface area contributed by atoms with E-state index in [1.54, 1.807) is 13.8 Å². The van der Waals surface area contributed by atoms with Crippen LogP contribution in [0.1, 0.15) is 26.7 Å². The van der Waals surface area contributed by atoms with Gasteiger partial charge in [0.15, 0.2) is 6.61 Å². The van der Waals surface area contributed by atoms with Gasteiger partial charge in [-0.05, 0) is 31.0 Å². The highest BCUT2D eigenvalue weighted by atomic mass is 32.2. The zero-order chi connectivity index (χ0) is 18.9. The fraction of sp³-hybridized carbons (Fsp3) is 0.529. The van der Waals surface area contributed by atoms with Crippen LogP contribution in [0.25, 0.3) is 0 Å². The van der Waals surface area contributed by atoms with Crippen LogP contribution in [0.4, 0.5) is 5.69 Å². The molecule has 0 radical (unpaired) electrons. The molecule has 1 saturated carbocycles. The average Bonchev–Trinajstić information content (AvgIpc) is 3.41. The van der Waals surface area contributed by atoms with Gasteiger partial charge in [-0.2, -0.15) is 4.31 Å². The number of carbonyl (C=O) groups is 2. The van der Waals surface area contributed by atoms with Gasteiger partial charge in [-0.25, -0.2) is 8.42 Å². The van der Waals surface area contributed by atoms with E-state index in [9.17, 15) is 18.0 Å². The summed E-state index contributed by atoms with van der Waals surface area (Å²) in [6.07, 6.45) is 1.90. The minimum Gasteiger partial charge on any atom is -0.482 e. The van der Waals surface area contributed by atoms with Crippen LogP contribution in [0.2, 0.25) is 0 Å². The molecule has 1 aliphatic carbocycles. The molecule has 3 rings (SSSR count). The number of anilines is 1. The van der Waals surface area contributed by atoms with E-state index in [1.807, 2.05) is 0 Å². The average molecular weight is 381 g/mol. The molecule has 26 heavy (non-hydrogen) atoms. The smallest absolute Gasteiger partial charge is 0.265 e. The quantitative estimate of drug-likeness (QED) is 0.751. The molecule has 2 amide bonds. The molecule has 1 aromatic carbocycles. The van der Waals surface area contributed by atoms with Gasteiger partial charge < -0.3 is 10.1 Å². The number of fused-ring (bicyclic) bond motifs is 1. The summed E-state index contributed by atoms with van der Waals surface area (Å²) in [7, 11) is -3.67. The molecular formula is C17H23N3O5S. The number of hydrogen-bond donors (Lipinski definition) is 1. The van der Waals surface area contributed by atoms with Gasteiger partial charge in [0.2, 0.25) is 15.9 Å². The second kappa shape index (κ2) is 7.24. The number of carbonyl (C=O) groups excluding carboxylic acids is 2. The summed E-state index contributed by atoms with van der Waals surface area (Å²) in [6, 6.07) is 4.59. The zero-order valence-corrected chi connectivity index (χ0v) is 15.7. The number of nitrogens with one attached hydrogen (secondary N) is 1. The number of sulfonamides is 1. The summed E-state index contributed by atoms with van der Waals surface area (Å²) >= 11 is 0. The monoisotopic (exact) mass is 381 g/mol. The van der Waals surface area contributed by atoms with E-state index in [2.05, 4.69) is 5.32 Å². The van der Waals surface area contributed by atoms with Crippen molar-refractivity contribution >= 4 is 27.5 Å². The number of hydrogen-bond acceptors (Lipinski definition) is 5. The third-order valence-electron chi connectivity index (χ3n) is 4.46. The number of amides is 2. The maximum absolute atomic E-state index is 12.7. The van der Waals surface area contributed by atoms with Crippen molar-refractivity contribution in [2.75, 3.05) is 31.1 Å². The Labute approximate surface area is 153 Å². The van der Waals surface area contributed by atoms with Crippen molar-refractivity contribution in [1.82, 2.24) is 9.62 Å². The van der Waals surface area contributed by atoms with Crippen LogP contribution in [-0.2, 0) is 19.6 Å². The molecule has 0 bridgehead atoms. The summed E-state index contributed by atoms with van der Waals surface area (Å²) in [5.74, 6) is -0.242. The molecule has 142 valence electrons. The molecule has 2 aliphatic rings. The Morgan fingerprint density at radius 3 is 2.62 bits per heavy atom. The third-order valence-corrected chi connectivity index (χ3v) is 6.51. The first-order valence-electron chi connectivity index (χ1n) is 8.73. The first-order valence-corrected chi connectivity index (χ1v) is 10.2. The van der Waals surface area contributed by atoms with E-state index in [0.29, 0.717) is 24.5 Å². The first-order chi connectivity index (χ1) is 12.4. The van der Waals surface area contributed by atoms with Crippen molar-refractivity contribution in [1.29, 1.82) is 0 Å². The number of benzene rings is 1. The van der Waals surface area contributed by atoms with E-state index < -0.39 is 10.0 Å². The lowest BCUT2D eigenvalue weighted by Gasteiger charge is -2.29. The minimum atomic E-state index is -3.67. The van der Waals surface area contributed by atoms with Gasteiger partial charge in [0.1, 0.15) is 12.3 Å².